The van der Waals surface area contributed by atoms with E-state index in [0.717, 1.165) is 51.4 Å². The Kier molecular flexibility index (Phi) is 11.9. The van der Waals surface area contributed by atoms with Gasteiger partial charge in [-0.3, -0.25) is 19.2 Å². The van der Waals surface area contributed by atoms with Gasteiger partial charge in [0.2, 0.25) is 17.6 Å². The molecule has 3 rings (SSSR count). The van der Waals surface area contributed by atoms with Gasteiger partial charge in [-0.1, -0.05) is 79.7 Å². The van der Waals surface area contributed by atoms with Crippen molar-refractivity contribution >= 4 is 29.5 Å². The summed E-state index contributed by atoms with van der Waals surface area (Å²) in [5, 5.41) is 11.5. The lowest BCUT2D eigenvalue weighted by atomic mass is 9.78. The van der Waals surface area contributed by atoms with Gasteiger partial charge in [-0.2, -0.15) is 0 Å². The fraction of sp³-hybridized carbons (Fsp3) is 0.743. The fourth-order valence-electron chi connectivity index (χ4n) is 7.38. The first-order valence-corrected chi connectivity index (χ1v) is 16.7. The summed E-state index contributed by atoms with van der Waals surface area (Å²) in [6.45, 7) is 16.0. The molecule has 0 radical (unpaired) electrons. The van der Waals surface area contributed by atoms with E-state index in [1.807, 2.05) is 20.8 Å². The van der Waals surface area contributed by atoms with Crippen LogP contribution in [-0.2, 0) is 19.2 Å². The highest BCUT2D eigenvalue weighted by Gasteiger charge is 2.70. The van der Waals surface area contributed by atoms with Crippen LogP contribution in [0.2, 0.25) is 0 Å². The van der Waals surface area contributed by atoms with Crippen molar-refractivity contribution in [3.8, 4) is 12.3 Å². The summed E-state index contributed by atoms with van der Waals surface area (Å²) < 4.78 is 0. The summed E-state index contributed by atoms with van der Waals surface area (Å²) in [6, 6.07) is -3.23. The Labute approximate surface area is 269 Å². The highest BCUT2D eigenvalue weighted by Crippen LogP contribution is 2.65. The highest BCUT2D eigenvalue weighted by atomic mass is 16.2. The molecule has 1 aliphatic heterocycles. The van der Waals surface area contributed by atoms with Gasteiger partial charge >= 0.3 is 6.03 Å². The van der Waals surface area contributed by atoms with Crippen LogP contribution in [0.25, 0.3) is 0 Å². The Morgan fingerprint density at radius 2 is 1.76 bits per heavy atom. The summed E-state index contributed by atoms with van der Waals surface area (Å²) >= 11 is 0. The van der Waals surface area contributed by atoms with Crippen LogP contribution >= 0.6 is 0 Å². The van der Waals surface area contributed by atoms with Crippen LogP contribution < -0.4 is 21.3 Å². The molecule has 2 unspecified atom stereocenters. The molecule has 10 heteroatoms. The number of unbranched alkanes of at least 4 members (excludes halogenated alkanes) is 1. The van der Waals surface area contributed by atoms with Crippen LogP contribution in [0.15, 0.2) is 12.7 Å². The van der Waals surface area contributed by atoms with Gasteiger partial charge in [0.15, 0.2) is 0 Å². The van der Waals surface area contributed by atoms with Crippen LogP contribution in [0.4, 0.5) is 4.79 Å². The number of carbonyl (C=O) groups is 5. The Morgan fingerprint density at radius 3 is 2.33 bits per heavy atom. The summed E-state index contributed by atoms with van der Waals surface area (Å²) in [4.78, 5) is 68.8. The van der Waals surface area contributed by atoms with Crippen molar-refractivity contribution in [3.63, 3.8) is 0 Å². The number of terminal acetylenes is 1. The number of piperidine rings is 1. The van der Waals surface area contributed by atoms with Crippen molar-refractivity contribution in [3.05, 3.63) is 12.7 Å². The standard InChI is InChI=1S/C35H55N5O5/c1-9-12-17-24(27(41)30(43)36-21-11-3)37-29(42)26-25-23(34(25,7)8)22-40(26)31(44)28(33(4,5)6)38-32(45)39-35(18-13-10-2)19-15-14-16-20-35/h1,11,23-26,28H,3,10,12-22H2,2,4-8H3,(H,36,43)(H,37,42)(H2,38,39,45)/t23?,24?,25-,26-,28+/m0/s1. The maximum absolute atomic E-state index is 14.3. The second kappa shape index (κ2) is 14.8. The average molecular weight is 626 g/mol. The van der Waals surface area contributed by atoms with Crippen LogP contribution in [0.1, 0.15) is 106 Å². The second-order valence-corrected chi connectivity index (χ2v) is 14.9. The third-order valence-corrected chi connectivity index (χ3v) is 10.2. The molecule has 0 aromatic rings. The van der Waals surface area contributed by atoms with Crippen LogP contribution in [0, 0.1) is 35.0 Å². The van der Waals surface area contributed by atoms with Crippen LogP contribution in [0.3, 0.4) is 0 Å². The van der Waals surface area contributed by atoms with Gasteiger partial charge in [-0.15, -0.1) is 18.9 Å². The summed E-state index contributed by atoms with van der Waals surface area (Å²) in [7, 11) is 0. The zero-order valence-corrected chi connectivity index (χ0v) is 28.2. The number of likely N-dealkylation sites (tertiary alicyclic amines) is 1. The van der Waals surface area contributed by atoms with E-state index in [9.17, 15) is 24.0 Å². The maximum atomic E-state index is 14.3. The normalized spacial score (nSPS) is 24.2. The molecule has 250 valence electrons. The third-order valence-electron chi connectivity index (χ3n) is 10.2. The van der Waals surface area contributed by atoms with Crippen molar-refractivity contribution in [2.75, 3.05) is 13.1 Å². The number of nitrogens with zero attached hydrogens (tertiary/aromatic N) is 1. The Balaban J connectivity index is 1.82. The number of fused-ring (bicyclic) bond motifs is 1. The molecule has 5 amide bonds. The molecule has 5 atom stereocenters. The van der Waals surface area contributed by atoms with Gasteiger partial charge in [0.1, 0.15) is 12.1 Å². The molecular weight excluding hydrogens is 570 g/mol. The number of hydrogen-bond acceptors (Lipinski definition) is 5. The molecule has 1 heterocycles. The number of ketones is 1. The first kappa shape index (κ1) is 36.1. The number of urea groups is 1. The number of nitrogens with one attached hydrogen (secondary N) is 4. The topological polar surface area (TPSA) is 137 Å². The number of hydrogen-bond donors (Lipinski definition) is 4. The predicted molar refractivity (Wildman–Crippen MR) is 175 cm³/mol. The quantitative estimate of drug-likeness (QED) is 0.132. The SMILES string of the molecule is C#CCCC(NC(=O)[C@@H]1[C@@H]2C(CN1C(=O)[C@@H](NC(=O)NC1(CCCC)CCCCC1)C(C)(C)C)C2(C)C)C(=O)C(=O)NCC=C. The summed E-state index contributed by atoms with van der Waals surface area (Å²) in [5.74, 6) is -0.0101. The largest absolute Gasteiger partial charge is 0.346 e. The first-order valence-electron chi connectivity index (χ1n) is 16.7. The van der Waals surface area contributed by atoms with Crippen molar-refractivity contribution in [2.45, 2.75) is 129 Å². The minimum atomic E-state index is -1.13. The minimum Gasteiger partial charge on any atom is -0.346 e. The fourth-order valence-corrected chi connectivity index (χ4v) is 7.38. The number of carbonyl (C=O) groups excluding carboxylic acids is 5. The van der Waals surface area contributed by atoms with Gasteiger partial charge in [0, 0.05) is 25.0 Å². The van der Waals surface area contributed by atoms with Crippen LogP contribution in [-0.4, -0.2) is 71.2 Å². The molecule has 3 fully saturated rings. The lowest BCUT2D eigenvalue weighted by Crippen LogP contribution is -2.63. The smallest absolute Gasteiger partial charge is 0.315 e. The Bertz CT molecular complexity index is 1180. The van der Waals surface area contributed by atoms with E-state index in [1.165, 1.54) is 6.08 Å². The van der Waals surface area contributed by atoms with E-state index in [0.29, 0.717) is 6.54 Å². The van der Waals surface area contributed by atoms with E-state index < -0.39 is 41.1 Å². The predicted octanol–water partition coefficient (Wildman–Crippen LogP) is 3.85. The molecule has 0 bridgehead atoms. The van der Waals surface area contributed by atoms with E-state index in [-0.39, 0.29) is 54.1 Å². The Hall–Kier alpha value is -3.35. The number of rotatable bonds is 14. The van der Waals surface area contributed by atoms with Gasteiger partial charge in [0.05, 0.1) is 6.04 Å². The zero-order chi connectivity index (χ0) is 33.6. The van der Waals surface area contributed by atoms with Gasteiger partial charge in [0.25, 0.3) is 5.91 Å². The maximum Gasteiger partial charge on any atom is 0.315 e. The second-order valence-electron chi connectivity index (χ2n) is 14.9. The van der Waals surface area contributed by atoms with Crippen molar-refractivity contribution in [1.29, 1.82) is 0 Å². The molecule has 45 heavy (non-hydrogen) atoms. The molecule has 0 aromatic carbocycles. The van der Waals surface area contributed by atoms with Gasteiger partial charge < -0.3 is 26.2 Å². The number of amides is 5. The first-order chi connectivity index (χ1) is 21.1. The Morgan fingerprint density at radius 1 is 1.09 bits per heavy atom. The van der Waals surface area contributed by atoms with E-state index in [4.69, 9.17) is 6.42 Å². The van der Waals surface area contributed by atoms with Crippen molar-refractivity contribution in [1.82, 2.24) is 26.2 Å². The molecular formula is C35H55N5O5. The molecule has 2 saturated carbocycles. The summed E-state index contributed by atoms with van der Waals surface area (Å²) in [6.07, 6.45) is 15.3. The van der Waals surface area contributed by atoms with Crippen molar-refractivity contribution < 1.29 is 24.0 Å². The van der Waals surface area contributed by atoms with E-state index in [2.05, 4.69) is 54.5 Å². The molecule has 10 nitrogen and oxygen atoms in total. The van der Waals surface area contributed by atoms with E-state index in [1.54, 1.807) is 4.90 Å². The minimum absolute atomic E-state index is 0.0901. The third kappa shape index (κ3) is 8.47. The summed E-state index contributed by atoms with van der Waals surface area (Å²) in [5.41, 5.74) is -1.09. The zero-order valence-electron chi connectivity index (χ0n) is 28.2. The molecule has 2 aliphatic carbocycles. The molecule has 0 spiro atoms. The average Bonchev–Trinajstić information content (AvgIpc) is 3.29. The highest BCUT2D eigenvalue weighted by molar-refractivity contribution is 6.38. The van der Waals surface area contributed by atoms with E-state index >= 15 is 0 Å². The van der Waals surface area contributed by atoms with Crippen LogP contribution in [0.5, 0.6) is 0 Å². The monoisotopic (exact) mass is 625 g/mol. The lowest BCUT2D eigenvalue weighted by Gasteiger charge is -2.41. The number of Topliss-reactive ketones (excluding diaryl/α,β-unsaturated/α-hetero) is 1. The van der Waals surface area contributed by atoms with Crippen molar-refractivity contribution in [2.24, 2.45) is 22.7 Å². The molecule has 0 aromatic heterocycles. The van der Waals surface area contributed by atoms with Gasteiger partial charge in [-0.05, 0) is 48.3 Å². The lowest BCUT2D eigenvalue weighted by molar-refractivity contribution is -0.145. The van der Waals surface area contributed by atoms with Gasteiger partial charge in [-0.25, -0.2) is 4.79 Å². The molecule has 4 N–H and O–H groups in total. The molecule has 1 saturated heterocycles. The molecule has 3 aliphatic rings.